The average molecular weight is 407 g/mol. The van der Waals surface area contributed by atoms with Crippen LogP contribution >= 0.6 is 0 Å². The average Bonchev–Trinajstić information content (AvgIpc) is 2.73. The van der Waals surface area contributed by atoms with E-state index < -0.39 is 21.2 Å². The summed E-state index contributed by atoms with van der Waals surface area (Å²) in [5.41, 5.74) is 0.427. The minimum atomic E-state index is -0.695. The lowest BCUT2D eigenvalue weighted by atomic mass is 9.69. The molecule has 2 aliphatic rings. The Labute approximate surface area is 173 Å². The van der Waals surface area contributed by atoms with Crippen LogP contribution in [0.4, 0.5) is 8.78 Å². The second-order valence-corrected chi connectivity index (χ2v) is 11.6. The molecular formula is C25H40F2Si. The van der Waals surface area contributed by atoms with E-state index in [0.29, 0.717) is 10.8 Å². The minimum absolute atomic E-state index is 0.427. The van der Waals surface area contributed by atoms with Crippen LogP contribution in [0.2, 0.25) is 6.04 Å². The van der Waals surface area contributed by atoms with E-state index >= 15 is 0 Å². The molecule has 0 nitrogen and oxygen atoms in total. The maximum Gasteiger partial charge on any atom is 0.161 e. The number of aryl methyl sites for hydroxylation is 1. The molecule has 1 aromatic carbocycles. The van der Waals surface area contributed by atoms with Gasteiger partial charge in [0.1, 0.15) is 0 Å². The smallest absolute Gasteiger partial charge is 0.161 e. The predicted molar refractivity (Wildman–Crippen MR) is 119 cm³/mol. The first-order chi connectivity index (χ1) is 13.6. The van der Waals surface area contributed by atoms with Gasteiger partial charge in [-0.1, -0.05) is 76.5 Å². The SMILES string of the molecule is CCCCCC1CCC(C2CCC(C[SiH2]c3ccc(C)c(F)c3F)CC2)CC1. The largest absolute Gasteiger partial charge is 0.204 e. The summed E-state index contributed by atoms with van der Waals surface area (Å²) in [6, 6.07) is 4.73. The first-order valence-electron chi connectivity index (χ1n) is 12.0. The third-order valence-electron chi connectivity index (χ3n) is 7.84. The fourth-order valence-corrected chi connectivity index (χ4v) is 7.77. The highest BCUT2D eigenvalue weighted by Crippen LogP contribution is 2.42. The van der Waals surface area contributed by atoms with Gasteiger partial charge in [0.15, 0.2) is 11.6 Å². The third kappa shape index (κ3) is 5.90. The number of halogens is 2. The first-order valence-corrected chi connectivity index (χ1v) is 13.7. The number of unbranched alkanes of at least 4 members (excludes halogenated alkanes) is 2. The molecule has 0 aromatic heterocycles. The fraction of sp³-hybridized carbons (Fsp3) is 0.760. The normalized spacial score (nSPS) is 28.9. The van der Waals surface area contributed by atoms with Crippen LogP contribution in [-0.2, 0) is 0 Å². The van der Waals surface area contributed by atoms with Crippen molar-refractivity contribution < 1.29 is 8.78 Å². The molecule has 28 heavy (non-hydrogen) atoms. The number of hydrogen-bond donors (Lipinski definition) is 0. The zero-order chi connectivity index (χ0) is 19.9. The summed E-state index contributed by atoms with van der Waals surface area (Å²) in [6.07, 6.45) is 16.9. The van der Waals surface area contributed by atoms with Gasteiger partial charge in [0.05, 0.1) is 9.52 Å². The minimum Gasteiger partial charge on any atom is -0.204 e. The van der Waals surface area contributed by atoms with Crippen molar-refractivity contribution in [1.29, 1.82) is 0 Å². The molecule has 0 amide bonds. The highest BCUT2D eigenvalue weighted by Gasteiger charge is 2.30. The lowest BCUT2D eigenvalue weighted by Gasteiger charge is -2.38. The lowest BCUT2D eigenvalue weighted by molar-refractivity contribution is 0.146. The molecule has 0 aliphatic heterocycles. The van der Waals surface area contributed by atoms with Gasteiger partial charge in [-0.2, -0.15) is 0 Å². The van der Waals surface area contributed by atoms with Gasteiger partial charge in [-0.25, -0.2) is 8.78 Å². The van der Waals surface area contributed by atoms with Crippen molar-refractivity contribution in [3.05, 3.63) is 29.3 Å². The second kappa shape index (κ2) is 10.9. The van der Waals surface area contributed by atoms with Crippen LogP contribution in [0, 0.1) is 42.2 Å². The lowest BCUT2D eigenvalue weighted by Crippen LogP contribution is -2.28. The number of hydrogen-bond acceptors (Lipinski definition) is 0. The summed E-state index contributed by atoms with van der Waals surface area (Å²) in [5, 5.41) is 0.701. The Morgan fingerprint density at radius 1 is 0.821 bits per heavy atom. The van der Waals surface area contributed by atoms with Gasteiger partial charge in [0.25, 0.3) is 0 Å². The van der Waals surface area contributed by atoms with Crippen molar-refractivity contribution in [2.24, 2.45) is 23.7 Å². The summed E-state index contributed by atoms with van der Waals surface area (Å²) in [7, 11) is -0.695. The third-order valence-corrected chi connectivity index (χ3v) is 10.0. The van der Waals surface area contributed by atoms with E-state index in [1.807, 2.05) is 6.07 Å². The Bertz CT molecular complexity index is 599. The second-order valence-electron chi connectivity index (χ2n) is 9.77. The van der Waals surface area contributed by atoms with Gasteiger partial charge in [-0.3, -0.25) is 0 Å². The molecule has 2 aliphatic carbocycles. The summed E-state index contributed by atoms with van der Waals surface area (Å²) < 4.78 is 27.9. The van der Waals surface area contributed by atoms with Crippen molar-refractivity contribution in [3.8, 4) is 0 Å². The van der Waals surface area contributed by atoms with Crippen molar-refractivity contribution in [3.63, 3.8) is 0 Å². The first kappa shape index (κ1) is 22.0. The van der Waals surface area contributed by atoms with Gasteiger partial charge in [0.2, 0.25) is 0 Å². The van der Waals surface area contributed by atoms with E-state index in [2.05, 4.69) is 6.92 Å². The van der Waals surface area contributed by atoms with Crippen molar-refractivity contribution in [2.45, 2.75) is 96.9 Å². The molecule has 0 spiro atoms. The summed E-state index contributed by atoms with van der Waals surface area (Å²) >= 11 is 0. The zero-order valence-corrected chi connectivity index (χ0v) is 19.5. The molecule has 1 aromatic rings. The zero-order valence-electron chi connectivity index (χ0n) is 18.1. The highest BCUT2D eigenvalue weighted by molar-refractivity contribution is 6.53. The molecule has 0 N–H and O–H groups in total. The van der Waals surface area contributed by atoms with Crippen LogP contribution in [0.3, 0.4) is 0 Å². The van der Waals surface area contributed by atoms with E-state index in [4.69, 9.17) is 0 Å². The summed E-state index contributed by atoms with van der Waals surface area (Å²) in [5.74, 6) is 2.51. The number of benzene rings is 1. The topological polar surface area (TPSA) is 0 Å². The fourth-order valence-electron chi connectivity index (χ4n) is 5.82. The van der Waals surface area contributed by atoms with E-state index in [0.717, 1.165) is 29.7 Å². The Hall–Kier alpha value is -0.703. The molecule has 158 valence electrons. The molecule has 0 unspecified atom stereocenters. The van der Waals surface area contributed by atoms with Crippen LogP contribution in [-0.4, -0.2) is 9.52 Å². The maximum atomic E-state index is 14.1. The highest BCUT2D eigenvalue weighted by atomic mass is 28.2. The molecule has 2 saturated carbocycles. The summed E-state index contributed by atoms with van der Waals surface area (Å²) in [4.78, 5) is 0. The molecule has 3 rings (SSSR count). The van der Waals surface area contributed by atoms with Crippen LogP contribution in [0.15, 0.2) is 12.1 Å². The Balaban J connectivity index is 1.37. The van der Waals surface area contributed by atoms with E-state index in [1.165, 1.54) is 77.0 Å². The van der Waals surface area contributed by atoms with Crippen LogP contribution in [0.5, 0.6) is 0 Å². The van der Waals surface area contributed by atoms with Crippen molar-refractivity contribution in [2.75, 3.05) is 0 Å². The van der Waals surface area contributed by atoms with Crippen molar-refractivity contribution in [1.82, 2.24) is 0 Å². The standard InChI is InChI=1S/C25H40F2Si/c1-3-4-5-6-19-8-12-21(13-9-19)22-14-10-20(11-15-22)17-28-23-16-7-18(2)24(26)25(23)27/h7,16,19-22H,3-6,8-15,17,28H2,1-2H3. The van der Waals surface area contributed by atoms with Crippen LogP contribution in [0.25, 0.3) is 0 Å². The quantitative estimate of drug-likeness (QED) is 0.334. The molecule has 0 bridgehead atoms. The van der Waals surface area contributed by atoms with E-state index in [9.17, 15) is 8.78 Å². The molecule has 0 saturated heterocycles. The van der Waals surface area contributed by atoms with Crippen LogP contribution < -0.4 is 5.19 Å². The van der Waals surface area contributed by atoms with E-state index in [1.54, 1.807) is 13.0 Å². The van der Waals surface area contributed by atoms with Crippen molar-refractivity contribution >= 4 is 14.7 Å². The van der Waals surface area contributed by atoms with Gasteiger partial charge >= 0.3 is 0 Å². The predicted octanol–water partition coefficient (Wildman–Crippen LogP) is 6.68. The Morgan fingerprint density at radius 3 is 2.04 bits per heavy atom. The Morgan fingerprint density at radius 2 is 1.43 bits per heavy atom. The molecule has 0 atom stereocenters. The molecule has 2 fully saturated rings. The van der Waals surface area contributed by atoms with Crippen LogP contribution in [0.1, 0.15) is 89.5 Å². The molecule has 0 radical (unpaired) electrons. The van der Waals surface area contributed by atoms with Gasteiger partial charge in [0, 0.05) is 0 Å². The van der Waals surface area contributed by atoms with E-state index in [-0.39, 0.29) is 0 Å². The maximum absolute atomic E-state index is 14.1. The monoisotopic (exact) mass is 406 g/mol. The van der Waals surface area contributed by atoms with Gasteiger partial charge in [-0.15, -0.1) is 0 Å². The molecular weight excluding hydrogens is 366 g/mol. The Kier molecular flexibility index (Phi) is 8.56. The molecule has 3 heteroatoms. The number of rotatable bonds is 8. The van der Waals surface area contributed by atoms with Gasteiger partial charge < -0.3 is 0 Å². The summed E-state index contributed by atoms with van der Waals surface area (Å²) in [6.45, 7) is 3.94. The molecule has 0 heterocycles. The van der Waals surface area contributed by atoms with Gasteiger partial charge in [-0.05, 0) is 67.0 Å².